The number of hydrogen-bond acceptors (Lipinski definition) is 12. The Morgan fingerprint density at radius 2 is 0.875 bits per heavy atom. The Morgan fingerprint density at radius 3 is 1.38 bits per heavy atom. The first-order chi connectivity index (χ1) is 22.8. The summed E-state index contributed by atoms with van der Waals surface area (Å²) in [7, 11) is 9.41. The molecule has 12 heteroatoms. The van der Waals surface area contributed by atoms with E-state index in [2.05, 4.69) is 0 Å². The second-order valence-corrected chi connectivity index (χ2v) is 10.0. The number of phenolic OH excluding ortho intramolecular Hbond substituents is 4. The van der Waals surface area contributed by atoms with E-state index in [0.29, 0.717) is 17.1 Å². The van der Waals surface area contributed by atoms with Crippen molar-refractivity contribution in [1.29, 1.82) is 0 Å². The first-order valence-electron chi connectivity index (χ1n) is 14.5. The third-order valence-electron chi connectivity index (χ3n) is 6.44. The van der Waals surface area contributed by atoms with Crippen LogP contribution in [0.15, 0.2) is 60.7 Å². The fourth-order valence-corrected chi connectivity index (χ4v) is 3.69. The van der Waals surface area contributed by atoms with Crippen LogP contribution in [-0.2, 0) is 9.47 Å². The smallest absolute Gasteiger partial charge is 0.188 e. The van der Waals surface area contributed by atoms with Crippen molar-refractivity contribution < 1.29 is 58.3 Å². The highest BCUT2D eigenvalue weighted by atomic mass is 16.7. The minimum atomic E-state index is -0.00292. The van der Waals surface area contributed by atoms with Crippen molar-refractivity contribution in [1.82, 2.24) is 0 Å². The molecule has 0 radical (unpaired) electrons. The fraction of sp³-hybridized carbons (Fsp3) is 0.333. The van der Waals surface area contributed by atoms with Gasteiger partial charge in [0.2, 0.25) is 0 Å². The lowest BCUT2D eigenvalue weighted by Crippen LogP contribution is -2.01. The molecule has 48 heavy (non-hydrogen) atoms. The molecule has 0 saturated carbocycles. The summed E-state index contributed by atoms with van der Waals surface area (Å²) in [6.07, 6.45) is 0. The van der Waals surface area contributed by atoms with Gasteiger partial charge in [-0.3, -0.25) is 0 Å². The molecular formula is C36H48O12. The van der Waals surface area contributed by atoms with Crippen molar-refractivity contribution >= 4 is 0 Å². The summed E-state index contributed by atoms with van der Waals surface area (Å²) in [5.74, 6) is 4.15. The van der Waals surface area contributed by atoms with Gasteiger partial charge in [0.1, 0.15) is 57.5 Å². The zero-order valence-electron chi connectivity index (χ0n) is 29.2. The summed E-state index contributed by atoms with van der Waals surface area (Å²) in [6, 6.07) is 16.5. The molecule has 12 nitrogen and oxygen atoms in total. The van der Waals surface area contributed by atoms with Gasteiger partial charge in [-0.05, 0) is 62.6 Å². The lowest BCUT2D eigenvalue weighted by molar-refractivity contribution is 0.0504. The fourth-order valence-electron chi connectivity index (χ4n) is 3.69. The van der Waals surface area contributed by atoms with E-state index < -0.39 is 0 Å². The van der Waals surface area contributed by atoms with Crippen LogP contribution in [0.2, 0.25) is 0 Å². The molecule has 0 fully saturated rings. The number of rotatable bonds is 10. The van der Waals surface area contributed by atoms with Crippen LogP contribution in [0.25, 0.3) is 0 Å². The van der Waals surface area contributed by atoms with Crippen LogP contribution >= 0.6 is 0 Å². The molecule has 0 aliphatic carbocycles. The zero-order valence-corrected chi connectivity index (χ0v) is 29.2. The van der Waals surface area contributed by atoms with E-state index in [1.165, 1.54) is 44.6 Å². The minimum absolute atomic E-state index is 0.00292. The monoisotopic (exact) mass is 672 g/mol. The second kappa shape index (κ2) is 21.6. The van der Waals surface area contributed by atoms with Crippen LogP contribution in [0, 0.1) is 27.7 Å². The molecule has 4 aromatic rings. The summed E-state index contributed by atoms with van der Waals surface area (Å²) in [5, 5.41) is 36.1. The van der Waals surface area contributed by atoms with Gasteiger partial charge in [-0.25, -0.2) is 0 Å². The third kappa shape index (κ3) is 14.5. The average Bonchev–Trinajstić information content (AvgIpc) is 3.06. The van der Waals surface area contributed by atoms with E-state index >= 15 is 0 Å². The molecular weight excluding hydrogens is 624 g/mol. The third-order valence-corrected chi connectivity index (χ3v) is 6.44. The van der Waals surface area contributed by atoms with Crippen LogP contribution in [0.3, 0.4) is 0 Å². The largest absolute Gasteiger partial charge is 0.508 e. The molecule has 0 spiro atoms. The highest BCUT2D eigenvalue weighted by molar-refractivity contribution is 5.48. The molecule has 0 aliphatic heterocycles. The topological polar surface area (TPSA) is 155 Å². The van der Waals surface area contributed by atoms with E-state index in [-0.39, 0.29) is 36.6 Å². The Balaban J connectivity index is 0.000000322. The normalized spacial score (nSPS) is 9.71. The number of benzene rings is 4. The summed E-state index contributed by atoms with van der Waals surface area (Å²) in [5.41, 5.74) is 3.83. The number of aromatic hydroxyl groups is 4. The Labute approximate surface area is 282 Å². The summed E-state index contributed by atoms with van der Waals surface area (Å²) in [6.45, 7) is 8.17. The molecule has 264 valence electrons. The predicted octanol–water partition coefficient (Wildman–Crippen LogP) is 6.80. The summed E-state index contributed by atoms with van der Waals surface area (Å²) in [4.78, 5) is 0. The maximum Gasteiger partial charge on any atom is 0.188 e. The summed E-state index contributed by atoms with van der Waals surface area (Å²) < 4.78 is 40.1. The maximum atomic E-state index is 9.17. The van der Waals surface area contributed by atoms with E-state index in [4.69, 9.17) is 48.1 Å². The quantitative estimate of drug-likeness (QED) is 0.131. The molecule has 0 bridgehead atoms. The summed E-state index contributed by atoms with van der Waals surface area (Å²) >= 11 is 0. The Bertz CT molecular complexity index is 1490. The van der Waals surface area contributed by atoms with Gasteiger partial charge in [-0.1, -0.05) is 0 Å². The van der Waals surface area contributed by atoms with Crippen molar-refractivity contribution in [2.24, 2.45) is 0 Å². The Kier molecular flexibility index (Phi) is 18.3. The van der Waals surface area contributed by atoms with Gasteiger partial charge in [0.15, 0.2) is 13.6 Å². The number of hydrogen-bond donors (Lipinski definition) is 4. The van der Waals surface area contributed by atoms with Gasteiger partial charge in [-0.2, -0.15) is 0 Å². The standard InChI is InChI=1S/C11H16O3.C10H14O3.C8H10O3.C7H8O3/c1-8-5-10(13-4)6-11(9(8)2)14-7-12-3;1-8-4-9(12-3)6-10(5-8)13-7-11-2;1-5-7(9)3-6(11-2)4-8(5)10;1-10-7-3-5(8)2-6(9)4-7/h5-6H,7H2,1-4H3;4-6H,7H2,1-3H3;3-4,9-10H,1-2H3;2-4,8-9H,1H3. The molecule has 0 heterocycles. The van der Waals surface area contributed by atoms with Crippen molar-refractivity contribution in [2.75, 3.05) is 56.2 Å². The van der Waals surface area contributed by atoms with E-state index in [1.54, 1.807) is 35.4 Å². The van der Waals surface area contributed by atoms with E-state index in [0.717, 1.165) is 39.7 Å². The van der Waals surface area contributed by atoms with Crippen LogP contribution in [0.1, 0.15) is 22.3 Å². The Morgan fingerprint density at radius 1 is 0.438 bits per heavy atom. The second-order valence-electron chi connectivity index (χ2n) is 10.0. The average molecular weight is 673 g/mol. The molecule has 0 aromatic heterocycles. The lowest BCUT2D eigenvalue weighted by Gasteiger charge is -2.12. The Hall–Kier alpha value is -5.20. The first-order valence-corrected chi connectivity index (χ1v) is 14.5. The SMILES string of the molecule is COCOc1cc(C)cc(OC)c1.COCOc1cc(OC)cc(C)c1C.COc1cc(O)c(C)c(O)c1.COc1cc(O)cc(O)c1. The molecule has 0 aliphatic rings. The molecule has 0 unspecified atom stereocenters. The lowest BCUT2D eigenvalue weighted by atomic mass is 10.1. The number of aryl methyl sites for hydroxylation is 2. The maximum absolute atomic E-state index is 9.17. The van der Waals surface area contributed by atoms with E-state index in [1.807, 2.05) is 51.1 Å². The van der Waals surface area contributed by atoms with Crippen LogP contribution in [0.4, 0.5) is 0 Å². The molecule has 4 N–H and O–H groups in total. The van der Waals surface area contributed by atoms with Gasteiger partial charge in [-0.15, -0.1) is 0 Å². The number of phenols is 4. The predicted molar refractivity (Wildman–Crippen MR) is 183 cm³/mol. The molecule has 0 saturated heterocycles. The van der Waals surface area contributed by atoms with Crippen molar-refractivity contribution in [2.45, 2.75) is 27.7 Å². The molecule has 4 rings (SSSR count). The molecule has 0 amide bonds. The van der Waals surface area contributed by atoms with Crippen molar-refractivity contribution in [3.63, 3.8) is 0 Å². The highest BCUT2D eigenvalue weighted by Gasteiger charge is 2.06. The minimum Gasteiger partial charge on any atom is -0.508 e. The van der Waals surface area contributed by atoms with E-state index in [9.17, 15) is 10.2 Å². The molecule has 0 atom stereocenters. The van der Waals surface area contributed by atoms with Gasteiger partial charge in [0, 0.05) is 62.2 Å². The zero-order chi connectivity index (χ0) is 36.2. The first kappa shape index (κ1) is 40.8. The highest BCUT2D eigenvalue weighted by Crippen LogP contribution is 2.31. The van der Waals surface area contributed by atoms with Crippen LogP contribution < -0.4 is 28.4 Å². The van der Waals surface area contributed by atoms with Gasteiger partial charge in [0.25, 0.3) is 0 Å². The van der Waals surface area contributed by atoms with Gasteiger partial charge >= 0.3 is 0 Å². The number of ether oxygens (including phenoxy) is 8. The van der Waals surface area contributed by atoms with Gasteiger partial charge in [0.05, 0.1) is 28.4 Å². The van der Waals surface area contributed by atoms with Crippen molar-refractivity contribution in [3.05, 3.63) is 82.9 Å². The molecule has 4 aromatic carbocycles. The van der Waals surface area contributed by atoms with Crippen molar-refractivity contribution in [3.8, 4) is 57.5 Å². The van der Waals surface area contributed by atoms with Crippen LogP contribution in [0.5, 0.6) is 57.5 Å². The van der Waals surface area contributed by atoms with Gasteiger partial charge < -0.3 is 58.3 Å². The number of methoxy groups -OCH3 is 6. The van der Waals surface area contributed by atoms with Crippen LogP contribution in [-0.4, -0.2) is 76.7 Å².